The van der Waals surface area contributed by atoms with Gasteiger partial charge in [-0.05, 0) is 24.1 Å². The van der Waals surface area contributed by atoms with Crippen molar-refractivity contribution in [3.8, 4) is 0 Å². The molecule has 2 aromatic rings. The van der Waals surface area contributed by atoms with E-state index in [1.165, 1.54) is 0 Å². The largest absolute Gasteiger partial charge is 0.368 e. The van der Waals surface area contributed by atoms with Crippen LogP contribution in [0.4, 0.5) is 0 Å². The summed E-state index contributed by atoms with van der Waals surface area (Å²) in [6.07, 6.45) is 1.95. The van der Waals surface area contributed by atoms with E-state index in [1.807, 2.05) is 79.7 Å². The normalized spacial score (nSPS) is 32.5. The van der Waals surface area contributed by atoms with E-state index in [1.54, 1.807) is 7.11 Å². The summed E-state index contributed by atoms with van der Waals surface area (Å²) in [4.78, 5) is 0. The first-order valence-corrected chi connectivity index (χ1v) is 9.62. The average molecular weight is 382 g/mol. The number of ether oxygens (including phenoxy) is 5. The lowest BCUT2D eigenvalue weighted by molar-refractivity contribution is -0.270. The number of hydrogen-bond donors (Lipinski definition) is 0. The lowest BCUT2D eigenvalue weighted by Gasteiger charge is -2.40. The van der Waals surface area contributed by atoms with Gasteiger partial charge in [0.1, 0.15) is 18.3 Å². The quantitative estimate of drug-likeness (QED) is 0.761. The van der Waals surface area contributed by atoms with Gasteiger partial charge in [-0.2, -0.15) is 0 Å². The van der Waals surface area contributed by atoms with E-state index in [0.29, 0.717) is 6.61 Å². The van der Waals surface area contributed by atoms with Gasteiger partial charge in [0.15, 0.2) is 12.6 Å². The summed E-state index contributed by atoms with van der Waals surface area (Å²) >= 11 is 0. The zero-order chi connectivity index (χ0) is 19.3. The molecule has 0 unspecified atom stereocenters. The number of fused-ring (bicyclic) bond motifs is 1. The average Bonchev–Trinajstić information content (AvgIpc) is 3.17. The molecule has 5 heteroatoms. The highest BCUT2D eigenvalue weighted by Crippen LogP contribution is 2.35. The second-order valence-corrected chi connectivity index (χ2v) is 7.05. The van der Waals surface area contributed by atoms with Crippen LogP contribution < -0.4 is 0 Å². The fraction of sp³-hybridized carbons (Fsp3) is 0.391. The minimum atomic E-state index is -0.480. The van der Waals surface area contributed by atoms with Crippen molar-refractivity contribution in [2.24, 2.45) is 0 Å². The van der Waals surface area contributed by atoms with Crippen LogP contribution >= 0.6 is 0 Å². The van der Waals surface area contributed by atoms with Crippen LogP contribution in [0.2, 0.25) is 0 Å². The Bertz CT molecular complexity index is 763. The standard InChI is InChI=1S/C23H26O5/c1-16-20(25-15-18-11-7-4-8-12-18)21-22(23(24-2)26-16)28-19(27-21)14-13-17-9-5-3-6-10-17/h3-14,16,19-23H,15H2,1-2H3/b14-13+/t16-,19-,20-,21+,22+,23+/m0/s1. The highest BCUT2D eigenvalue weighted by atomic mass is 16.8. The third-order valence-electron chi connectivity index (χ3n) is 5.07. The van der Waals surface area contributed by atoms with Gasteiger partial charge in [0.25, 0.3) is 0 Å². The van der Waals surface area contributed by atoms with E-state index in [2.05, 4.69) is 0 Å². The summed E-state index contributed by atoms with van der Waals surface area (Å²) in [5.41, 5.74) is 2.20. The van der Waals surface area contributed by atoms with Crippen molar-refractivity contribution in [1.29, 1.82) is 0 Å². The van der Waals surface area contributed by atoms with Crippen molar-refractivity contribution in [2.45, 2.75) is 50.5 Å². The predicted molar refractivity (Wildman–Crippen MR) is 105 cm³/mol. The van der Waals surface area contributed by atoms with Gasteiger partial charge in [-0.1, -0.05) is 66.7 Å². The van der Waals surface area contributed by atoms with Crippen LogP contribution in [0.25, 0.3) is 6.08 Å². The van der Waals surface area contributed by atoms with Crippen LogP contribution in [-0.2, 0) is 30.3 Å². The Morgan fingerprint density at radius 2 is 1.57 bits per heavy atom. The lowest BCUT2D eigenvalue weighted by atomic mass is 9.99. The molecule has 2 aliphatic rings. The fourth-order valence-electron chi connectivity index (χ4n) is 3.64. The number of rotatable bonds is 6. The van der Waals surface area contributed by atoms with Crippen LogP contribution in [0.1, 0.15) is 18.1 Å². The van der Waals surface area contributed by atoms with E-state index in [9.17, 15) is 0 Å². The summed E-state index contributed by atoms with van der Waals surface area (Å²) in [5, 5.41) is 0. The highest BCUT2D eigenvalue weighted by molar-refractivity contribution is 5.49. The smallest absolute Gasteiger partial charge is 0.186 e. The monoisotopic (exact) mass is 382 g/mol. The van der Waals surface area contributed by atoms with Crippen molar-refractivity contribution in [2.75, 3.05) is 7.11 Å². The summed E-state index contributed by atoms with van der Waals surface area (Å²) in [5.74, 6) is 0. The van der Waals surface area contributed by atoms with E-state index in [0.717, 1.165) is 11.1 Å². The molecular formula is C23H26O5. The first-order chi connectivity index (χ1) is 13.7. The van der Waals surface area contributed by atoms with Gasteiger partial charge in [-0.15, -0.1) is 0 Å². The molecule has 0 spiro atoms. The molecule has 0 radical (unpaired) electrons. The molecule has 148 valence electrons. The molecule has 0 saturated carbocycles. The maximum atomic E-state index is 6.20. The molecule has 0 N–H and O–H groups in total. The molecule has 2 aromatic carbocycles. The van der Waals surface area contributed by atoms with Crippen molar-refractivity contribution in [3.63, 3.8) is 0 Å². The number of hydrogen-bond acceptors (Lipinski definition) is 5. The molecular weight excluding hydrogens is 356 g/mol. The maximum Gasteiger partial charge on any atom is 0.186 e. The third-order valence-corrected chi connectivity index (χ3v) is 5.07. The van der Waals surface area contributed by atoms with Crippen LogP contribution in [0.3, 0.4) is 0 Å². The van der Waals surface area contributed by atoms with Crippen LogP contribution in [0, 0.1) is 0 Å². The van der Waals surface area contributed by atoms with Gasteiger partial charge in [0, 0.05) is 7.11 Å². The molecule has 6 atom stereocenters. The maximum absolute atomic E-state index is 6.20. The summed E-state index contributed by atoms with van der Waals surface area (Å²) in [6, 6.07) is 20.1. The Morgan fingerprint density at radius 3 is 2.29 bits per heavy atom. The van der Waals surface area contributed by atoms with E-state index >= 15 is 0 Å². The second-order valence-electron chi connectivity index (χ2n) is 7.05. The van der Waals surface area contributed by atoms with Crippen molar-refractivity contribution >= 4 is 6.08 Å². The minimum Gasteiger partial charge on any atom is -0.368 e. The summed E-state index contributed by atoms with van der Waals surface area (Å²) in [7, 11) is 1.62. The Hall–Kier alpha value is -2.02. The van der Waals surface area contributed by atoms with Crippen LogP contribution in [-0.4, -0.2) is 44.1 Å². The molecule has 2 aliphatic heterocycles. The summed E-state index contributed by atoms with van der Waals surface area (Å²) < 4.78 is 29.9. The van der Waals surface area contributed by atoms with Crippen LogP contribution in [0.15, 0.2) is 66.7 Å². The molecule has 4 rings (SSSR count). The van der Waals surface area contributed by atoms with Crippen LogP contribution in [0.5, 0.6) is 0 Å². The molecule has 2 saturated heterocycles. The Labute approximate surface area is 165 Å². The van der Waals surface area contributed by atoms with Crippen molar-refractivity contribution < 1.29 is 23.7 Å². The Balaban J connectivity index is 1.45. The van der Waals surface area contributed by atoms with Gasteiger partial charge < -0.3 is 23.7 Å². The van der Waals surface area contributed by atoms with E-state index < -0.39 is 12.6 Å². The highest BCUT2D eigenvalue weighted by Gasteiger charge is 2.52. The topological polar surface area (TPSA) is 46.2 Å². The second kappa shape index (κ2) is 8.99. The lowest BCUT2D eigenvalue weighted by Crippen LogP contribution is -2.56. The Kier molecular flexibility index (Phi) is 6.20. The molecule has 0 amide bonds. The summed E-state index contributed by atoms with van der Waals surface area (Å²) in [6.45, 7) is 2.47. The van der Waals surface area contributed by atoms with Crippen molar-refractivity contribution in [3.05, 3.63) is 77.9 Å². The third kappa shape index (κ3) is 4.35. The molecule has 2 heterocycles. The predicted octanol–water partition coefficient (Wildman–Crippen LogP) is 3.79. The van der Waals surface area contributed by atoms with Gasteiger partial charge >= 0.3 is 0 Å². The number of methoxy groups -OCH3 is 1. The molecule has 5 nitrogen and oxygen atoms in total. The molecule has 0 aliphatic carbocycles. The van der Waals surface area contributed by atoms with Gasteiger partial charge in [0.05, 0.1) is 12.7 Å². The van der Waals surface area contributed by atoms with Gasteiger partial charge in [0.2, 0.25) is 0 Å². The zero-order valence-electron chi connectivity index (χ0n) is 16.1. The fourth-order valence-corrected chi connectivity index (χ4v) is 3.64. The Morgan fingerprint density at radius 1 is 0.893 bits per heavy atom. The SMILES string of the molecule is CO[C@@H]1O[C@@H](C)[C@H](OCc2ccccc2)[C@H]2O[C@H](/C=C/c3ccccc3)O[C@@H]12. The molecule has 2 fully saturated rings. The minimum absolute atomic E-state index is 0.171. The molecule has 28 heavy (non-hydrogen) atoms. The van der Waals surface area contributed by atoms with Gasteiger partial charge in [-0.25, -0.2) is 0 Å². The molecule has 0 bridgehead atoms. The van der Waals surface area contributed by atoms with E-state index in [4.69, 9.17) is 23.7 Å². The molecule has 0 aromatic heterocycles. The van der Waals surface area contributed by atoms with E-state index in [-0.39, 0.29) is 24.4 Å². The zero-order valence-corrected chi connectivity index (χ0v) is 16.1. The first-order valence-electron chi connectivity index (χ1n) is 9.62. The van der Waals surface area contributed by atoms with Gasteiger partial charge in [-0.3, -0.25) is 0 Å². The number of benzene rings is 2. The first kappa shape index (κ1) is 19.3. The van der Waals surface area contributed by atoms with Crippen molar-refractivity contribution in [1.82, 2.24) is 0 Å².